The zero-order valence-electron chi connectivity index (χ0n) is 20.4. The number of carbonyl (C=O) groups excluding carboxylic acids is 2. The van der Waals surface area contributed by atoms with Crippen molar-refractivity contribution in [2.75, 3.05) is 23.7 Å². The van der Waals surface area contributed by atoms with Crippen LogP contribution in [-0.4, -0.2) is 54.5 Å². The molecule has 2 aromatic rings. The highest BCUT2D eigenvalue weighted by Crippen LogP contribution is 2.40. The molecule has 0 radical (unpaired) electrons. The fourth-order valence-electron chi connectivity index (χ4n) is 3.79. The zero-order chi connectivity index (χ0) is 26.8. The molecule has 3 rings (SSSR count). The molecular formula is C24H29ClFN3O6S. The summed E-state index contributed by atoms with van der Waals surface area (Å²) in [7, 11) is -4.22. The van der Waals surface area contributed by atoms with Gasteiger partial charge >= 0.3 is 12.1 Å². The van der Waals surface area contributed by atoms with E-state index >= 15 is 0 Å². The number of urea groups is 1. The van der Waals surface area contributed by atoms with E-state index in [-0.39, 0.29) is 34.9 Å². The van der Waals surface area contributed by atoms with Gasteiger partial charge in [-0.05, 0) is 64.8 Å². The Labute approximate surface area is 214 Å². The van der Waals surface area contributed by atoms with Crippen molar-refractivity contribution < 1.29 is 32.2 Å². The van der Waals surface area contributed by atoms with E-state index in [0.717, 1.165) is 0 Å². The van der Waals surface area contributed by atoms with Gasteiger partial charge in [0.2, 0.25) is 0 Å². The van der Waals surface area contributed by atoms with Crippen LogP contribution in [0.4, 0.5) is 25.4 Å². The molecule has 196 valence electrons. The SMILES string of the molecule is Cc1c(F)cccc1NC(=O)Nc1ccc(Cl)c(S(=O)(=O)[C@H]2CCCN(C(=O)OC(C)(C)C)C2)c1O. The van der Waals surface area contributed by atoms with Crippen molar-refractivity contribution in [2.24, 2.45) is 0 Å². The molecular weight excluding hydrogens is 513 g/mol. The van der Waals surface area contributed by atoms with E-state index in [2.05, 4.69) is 10.6 Å². The molecule has 0 bridgehead atoms. The Morgan fingerprint density at radius 1 is 1.17 bits per heavy atom. The third kappa shape index (κ3) is 6.19. The van der Waals surface area contributed by atoms with Crippen molar-refractivity contribution in [1.82, 2.24) is 4.90 Å². The van der Waals surface area contributed by atoms with Crippen molar-refractivity contribution in [1.29, 1.82) is 0 Å². The Balaban J connectivity index is 1.83. The first kappa shape index (κ1) is 27.5. The average molecular weight is 542 g/mol. The highest BCUT2D eigenvalue weighted by molar-refractivity contribution is 7.92. The largest absolute Gasteiger partial charge is 0.504 e. The van der Waals surface area contributed by atoms with Crippen LogP contribution < -0.4 is 10.6 Å². The molecule has 0 spiro atoms. The van der Waals surface area contributed by atoms with Crippen LogP contribution in [0.25, 0.3) is 0 Å². The number of phenols is 1. The first-order chi connectivity index (χ1) is 16.7. The molecule has 1 aliphatic heterocycles. The Morgan fingerprint density at radius 3 is 2.50 bits per heavy atom. The molecule has 12 heteroatoms. The topological polar surface area (TPSA) is 125 Å². The zero-order valence-corrected chi connectivity index (χ0v) is 22.0. The number of halogens is 2. The highest BCUT2D eigenvalue weighted by Gasteiger charge is 2.38. The summed E-state index contributed by atoms with van der Waals surface area (Å²) in [6.07, 6.45) is 0.0286. The smallest absolute Gasteiger partial charge is 0.410 e. The second kappa shape index (κ2) is 10.5. The van der Waals surface area contributed by atoms with Crippen LogP contribution in [-0.2, 0) is 14.6 Å². The lowest BCUT2D eigenvalue weighted by Gasteiger charge is -2.34. The number of nitrogens with zero attached hydrogens (tertiary/aromatic N) is 1. The van der Waals surface area contributed by atoms with Gasteiger partial charge in [0.1, 0.15) is 16.3 Å². The number of amides is 3. The molecule has 0 saturated carbocycles. The van der Waals surface area contributed by atoms with E-state index in [1.54, 1.807) is 20.8 Å². The van der Waals surface area contributed by atoms with E-state index in [1.165, 1.54) is 42.2 Å². The minimum atomic E-state index is -4.22. The van der Waals surface area contributed by atoms with Gasteiger partial charge in [-0.25, -0.2) is 22.4 Å². The number of benzene rings is 2. The summed E-state index contributed by atoms with van der Waals surface area (Å²) in [5.41, 5.74) is -0.527. The van der Waals surface area contributed by atoms with E-state index in [9.17, 15) is 27.5 Å². The number of nitrogens with one attached hydrogen (secondary N) is 2. The number of hydrogen-bond donors (Lipinski definition) is 3. The lowest BCUT2D eigenvalue weighted by molar-refractivity contribution is 0.0219. The number of carbonyl (C=O) groups is 2. The summed E-state index contributed by atoms with van der Waals surface area (Å²) < 4.78 is 46.1. The molecule has 0 aromatic heterocycles. The van der Waals surface area contributed by atoms with E-state index in [4.69, 9.17) is 16.3 Å². The number of piperidine rings is 1. The number of sulfone groups is 1. The number of rotatable bonds is 4. The van der Waals surface area contributed by atoms with E-state index in [1.807, 2.05) is 0 Å². The fraction of sp³-hybridized carbons (Fsp3) is 0.417. The number of anilines is 2. The Hall–Kier alpha value is -3.05. The highest BCUT2D eigenvalue weighted by atomic mass is 35.5. The van der Waals surface area contributed by atoms with Crippen LogP contribution in [0, 0.1) is 12.7 Å². The fourth-order valence-corrected chi connectivity index (χ4v) is 6.17. The quantitative estimate of drug-likeness (QED) is 0.450. The van der Waals surface area contributed by atoms with Gasteiger partial charge < -0.3 is 25.4 Å². The molecule has 1 aliphatic rings. The first-order valence-corrected chi connectivity index (χ1v) is 13.2. The minimum Gasteiger partial charge on any atom is -0.504 e. The van der Waals surface area contributed by atoms with Crippen LogP contribution in [0.2, 0.25) is 5.02 Å². The molecule has 1 saturated heterocycles. The third-order valence-electron chi connectivity index (χ3n) is 5.60. The maximum Gasteiger partial charge on any atom is 0.410 e. The maximum absolute atomic E-state index is 13.8. The van der Waals surface area contributed by atoms with Gasteiger partial charge in [0.15, 0.2) is 15.6 Å². The lowest BCUT2D eigenvalue weighted by atomic mass is 10.1. The summed E-state index contributed by atoms with van der Waals surface area (Å²) in [4.78, 5) is 25.7. The first-order valence-electron chi connectivity index (χ1n) is 11.3. The molecule has 1 atom stereocenters. The third-order valence-corrected chi connectivity index (χ3v) is 8.27. The van der Waals surface area contributed by atoms with E-state index in [0.29, 0.717) is 13.0 Å². The number of likely N-dealkylation sites (tertiary alicyclic amines) is 1. The normalized spacial score (nSPS) is 16.4. The van der Waals surface area contributed by atoms with Crippen molar-refractivity contribution in [3.8, 4) is 5.75 Å². The predicted molar refractivity (Wildman–Crippen MR) is 135 cm³/mol. The molecule has 3 N–H and O–H groups in total. The van der Waals surface area contributed by atoms with Crippen LogP contribution in [0.5, 0.6) is 5.75 Å². The molecule has 0 unspecified atom stereocenters. The number of ether oxygens (including phenoxy) is 1. The maximum atomic E-state index is 13.8. The second-order valence-electron chi connectivity index (χ2n) is 9.50. The number of phenolic OH excluding ortho intramolecular Hbond substituents is 1. The summed E-state index contributed by atoms with van der Waals surface area (Å²) in [6, 6.07) is 5.84. The van der Waals surface area contributed by atoms with Crippen LogP contribution in [0.3, 0.4) is 0 Å². The van der Waals surface area contributed by atoms with Gasteiger partial charge in [0.25, 0.3) is 0 Å². The molecule has 2 aromatic carbocycles. The summed E-state index contributed by atoms with van der Waals surface area (Å²) >= 11 is 6.18. The molecule has 1 heterocycles. The Morgan fingerprint density at radius 2 is 1.83 bits per heavy atom. The molecule has 9 nitrogen and oxygen atoms in total. The van der Waals surface area contributed by atoms with Gasteiger partial charge in [-0.2, -0.15) is 0 Å². The predicted octanol–water partition coefficient (Wildman–Crippen LogP) is 5.31. The van der Waals surface area contributed by atoms with Gasteiger partial charge in [-0.3, -0.25) is 0 Å². The number of hydrogen-bond acceptors (Lipinski definition) is 6. The van der Waals surface area contributed by atoms with Crippen molar-refractivity contribution >= 4 is 44.9 Å². The molecule has 1 fully saturated rings. The van der Waals surface area contributed by atoms with Crippen molar-refractivity contribution in [2.45, 2.75) is 56.3 Å². The van der Waals surface area contributed by atoms with Crippen LogP contribution in [0.15, 0.2) is 35.2 Å². The van der Waals surface area contributed by atoms with Gasteiger partial charge in [0, 0.05) is 24.3 Å². The van der Waals surface area contributed by atoms with Crippen molar-refractivity contribution in [3.63, 3.8) is 0 Å². The average Bonchev–Trinajstić information content (AvgIpc) is 2.78. The number of aromatic hydroxyl groups is 1. The second-order valence-corrected chi connectivity index (χ2v) is 12.1. The van der Waals surface area contributed by atoms with Gasteiger partial charge in [-0.15, -0.1) is 0 Å². The van der Waals surface area contributed by atoms with Crippen LogP contribution in [0.1, 0.15) is 39.2 Å². The molecule has 36 heavy (non-hydrogen) atoms. The van der Waals surface area contributed by atoms with Gasteiger partial charge in [0.05, 0.1) is 16.0 Å². The summed E-state index contributed by atoms with van der Waals surface area (Å²) in [6.45, 7) is 6.83. The molecule has 0 aliphatic carbocycles. The van der Waals surface area contributed by atoms with Crippen LogP contribution >= 0.6 is 11.6 Å². The summed E-state index contributed by atoms with van der Waals surface area (Å²) in [5.74, 6) is -1.24. The summed E-state index contributed by atoms with van der Waals surface area (Å²) in [5, 5.41) is 14.4. The Bertz CT molecular complexity index is 1280. The van der Waals surface area contributed by atoms with Crippen molar-refractivity contribution in [3.05, 3.63) is 46.7 Å². The monoisotopic (exact) mass is 541 g/mol. The molecule has 3 amide bonds. The van der Waals surface area contributed by atoms with E-state index < -0.39 is 49.3 Å². The van der Waals surface area contributed by atoms with Gasteiger partial charge in [-0.1, -0.05) is 17.7 Å². The lowest BCUT2D eigenvalue weighted by Crippen LogP contribution is -2.47. The Kier molecular flexibility index (Phi) is 8.04. The standard InChI is InChI=1S/C24H29ClFN3O6S/c1-14-17(26)8-5-9-18(14)27-22(31)28-19-11-10-16(25)21(20(19)30)36(33,34)15-7-6-12-29(13-15)23(32)35-24(2,3)4/h5,8-11,15,30H,6-7,12-13H2,1-4H3,(H2,27,28,31)/t15-/m0/s1. The minimum absolute atomic E-state index is 0.135.